The molecule has 100 valence electrons. The van der Waals surface area contributed by atoms with Crippen molar-refractivity contribution in [2.24, 2.45) is 0 Å². The Morgan fingerprint density at radius 1 is 1.50 bits per heavy atom. The highest BCUT2D eigenvalue weighted by molar-refractivity contribution is 7.89. The fraction of sp³-hybridized carbons (Fsp3) is 0.364. The Labute approximate surface area is 111 Å². The molecule has 0 fully saturated rings. The van der Waals surface area contributed by atoms with Crippen molar-refractivity contribution < 1.29 is 18.3 Å². The van der Waals surface area contributed by atoms with Crippen molar-refractivity contribution in [1.29, 1.82) is 0 Å². The van der Waals surface area contributed by atoms with Gasteiger partial charge in [-0.15, -0.1) is 0 Å². The third kappa shape index (κ3) is 5.03. The molecular weight excluding hydrogens is 278 g/mol. The van der Waals surface area contributed by atoms with Crippen LogP contribution in [0.15, 0.2) is 24.3 Å². The predicted octanol–water partition coefficient (Wildman–Crippen LogP) is 1.80. The quantitative estimate of drug-likeness (QED) is 0.837. The second-order valence-corrected chi connectivity index (χ2v) is 6.17. The molecule has 0 unspecified atom stereocenters. The lowest BCUT2D eigenvalue weighted by Crippen LogP contribution is -2.30. The van der Waals surface area contributed by atoms with Crippen LogP contribution in [0, 0.1) is 0 Å². The smallest absolute Gasteiger partial charge is 0.304 e. The average molecular weight is 292 g/mol. The molecule has 0 amide bonds. The molecule has 0 saturated heterocycles. The van der Waals surface area contributed by atoms with Crippen LogP contribution in [0.1, 0.15) is 24.9 Å². The number of hydrogen-bond acceptors (Lipinski definition) is 3. The van der Waals surface area contributed by atoms with E-state index in [-0.39, 0.29) is 0 Å². The number of carboxylic acid groups (broad SMARTS) is 1. The topological polar surface area (TPSA) is 83.5 Å². The number of halogens is 1. The Morgan fingerprint density at radius 2 is 2.17 bits per heavy atom. The molecule has 1 rings (SSSR count). The van der Waals surface area contributed by atoms with Gasteiger partial charge >= 0.3 is 5.97 Å². The van der Waals surface area contributed by atoms with Crippen LogP contribution in [-0.4, -0.2) is 25.2 Å². The Balaban J connectivity index is 2.69. The summed E-state index contributed by atoms with van der Waals surface area (Å²) in [7, 11) is -3.61. The molecule has 7 heteroatoms. The third-order valence-corrected chi connectivity index (χ3v) is 3.98. The lowest BCUT2D eigenvalue weighted by Gasteiger charge is -2.14. The van der Waals surface area contributed by atoms with Crippen molar-refractivity contribution in [3.8, 4) is 0 Å². The van der Waals surface area contributed by atoms with Crippen molar-refractivity contribution in [2.45, 2.75) is 19.4 Å². The molecule has 1 atom stereocenters. The molecule has 0 spiro atoms. The van der Waals surface area contributed by atoms with Gasteiger partial charge < -0.3 is 5.11 Å². The first-order valence-electron chi connectivity index (χ1n) is 5.27. The molecule has 0 heterocycles. The fourth-order valence-electron chi connectivity index (χ4n) is 1.39. The van der Waals surface area contributed by atoms with Gasteiger partial charge in [0.1, 0.15) is 0 Å². The molecule has 0 aliphatic heterocycles. The average Bonchev–Trinajstić information content (AvgIpc) is 2.26. The van der Waals surface area contributed by atoms with E-state index in [1.807, 2.05) is 0 Å². The lowest BCUT2D eigenvalue weighted by atomic mass is 10.1. The van der Waals surface area contributed by atoms with Crippen LogP contribution in [0.5, 0.6) is 0 Å². The number of rotatable bonds is 6. The highest BCUT2D eigenvalue weighted by Crippen LogP contribution is 2.18. The molecule has 1 aromatic carbocycles. The standard InChI is InChI=1S/C11H14ClNO4S/c1-8(9-3-2-4-10(12)7-9)13-18(16,17)6-5-11(14)15/h2-4,7-8,13H,5-6H2,1H3,(H,14,15)/t8-/m1/s1. The van der Waals surface area contributed by atoms with Gasteiger partial charge in [-0.1, -0.05) is 23.7 Å². The highest BCUT2D eigenvalue weighted by atomic mass is 35.5. The highest BCUT2D eigenvalue weighted by Gasteiger charge is 2.17. The maximum absolute atomic E-state index is 11.6. The maximum atomic E-state index is 11.6. The van der Waals surface area contributed by atoms with Gasteiger partial charge in [-0.05, 0) is 24.6 Å². The Kier molecular flexibility index (Phi) is 5.13. The monoisotopic (exact) mass is 291 g/mol. The van der Waals surface area contributed by atoms with Gasteiger partial charge in [0.05, 0.1) is 12.2 Å². The third-order valence-electron chi connectivity index (χ3n) is 2.29. The first-order chi connectivity index (χ1) is 8.30. The lowest BCUT2D eigenvalue weighted by molar-refractivity contribution is -0.136. The van der Waals surface area contributed by atoms with Gasteiger partial charge in [0.25, 0.3) is 0 Å². The van der Waals surface area contributed by atoms with Crippen LogP contribution in [0.4, 0.5) is 0 Å². The summed E-state index contributed by atoms with van der Waals surface area (Å²) in [6.07, 6.45) is -0.419. The normalized spacial score (nSPS) is 13.2. The molecule has 0 saturated carbocycles. The van der Waals surface area contributed by atoms with Crippen LogP contribution in [0.25, 0.3) is 0 Å². The Hall–Kier alpha value is -1.11. The van der Waals surface area contributed by atoms with Gasteiger partial charge in [0, 0.05) is 11.1 Å². The second-order valence-electron chi connectivity index (χ2n) is 3.86. The minimum absolute atomic E-state index is 0.419. The second kappa shape index (κ2) is 6.17. The molecule has 0 aliphatic rings. The number of benzene rings is 1. The molecule has 0 radical (unpaired) electrons. The summed E-state index contributed by atoms with van der Waals surface area (Å²) >= 11 is 5.81. The SMILES string of the molecule is C[C@@H](NS(=O)(=O)CCC(=O)O)c1cccc(Cl)c1. The van der Waals surface area contributed by atoms with Crippen molar-refractivity contribution in [2.75, 3.05) is 5.75 Å². The molecule has 18 heavy (non-hydrogen) atoms. The number of hydrogen-bond donors (Lipinski definition) is 2. The molecule has 1 aromatic rings. The van der Waals surface area contributed by atoms with E-state index in [9.17, 15) is 13.2 Å². The van der Waals surface area contributed by atoms with Gasteiger partial charge in [0.15, 0.2) is 0 Å². The van der Waals surface area contributed by atoms with Crippen LogP contribution < -0.4 is 4.72 Å². The van der Waals surface area contributed by atoms with E-state index in [4.69, 9.17) is 16.7 Å². The van der Waals surface area contributed by atoms with E-state index < -0.39 is 34.2 Å². The maximum Gasteiger partial charge on any atom is 0.304 e. The molecule has 0 aliphatic carbocycles. The summed E-state index contributed by atoms with van der Waals surface area (Å²) < 4.78 is 25.6. The summed E-state index contributed by atoms with van der Waals surface area (Å²) in [5, 5.41) is 8.97. The minimum atomic E-state index is -3.61. The molecular formula is C11H14ClNO4S. The van der Waals surface area contributed by atoms with E-state index in [1.54, 1.807) is 31.2 Å². The van der Waals surface area contributed by atoms with Crippen molar-refractivity contribution >= 4 is 27.6 Å². The summed E-state index contributed by atoms with van der Waals surface area (Å²) in [6.45, 7) is 1.67. The molecule has 2 N–H and O–H groups in total. The van der Waals surface area contributed by atoms with E-state index in [2.05, 4.69) is 4.72 Å². The summed E-state index contributed by atoms with van der Waals surface area (Å²) in [5.74, 6) is -1.58. The summed E-state index contributed by atoms with van der Waals surface area (Å²) in [6, 6.07) is 6.36. The van der Waals surface area contributed by atoms with Crippen LogP contribution in [0.2, 0.25) is 5.02 Å². The van der Waals surface area contributed by atoms with Gasteiger partial charge in [0.2, 0.25) is 10.0 Å². The zero-order valence-electron chi connectivity index (χ0n) is 9.76. The minimum Gasteiger partial charge on any atom is -0.481 e. The molecule has 0 aromatic heterocycles. The molecule has 0 bridgehead atoms. The van der Waals surface area contributed by atoms with Crippen LogP contribution >= 0.6 is 11.6 Å². The zero-order valence-corrected chi connectivity index (χ0v) is 11.3. The number of sulfonamides is 1. The first kappa shape index (κ1) is 14.9. The van der Waals surface area contributed by atoms with Gasteiger partial charge in [-0.25, -0.2) is 13.1 Å². The molecule has 5 nitrogen and oxygen atoms in total. The van der Waals surface area contributed by atoms with E-state index in [0.717, 1.165) is 5.56 Å². The predicted molar refractivity (Wildman–Crippen MR) is 69.0 cm³/mol. The van der Waals surface area contributed by atoms with Crippen molar-refractivity contribution in [3.63, 3.8) is 0 Å². The number of aliphatic carboxylic acids is 1. The number of nitrogens with one attached hydrogen (secondary N) is 1. The largest absolute Gasteiger partial charge is 0.481 e. The van der Waals surface area contributed by atoms with Gasteiger partial charge in [-0.3, -0.25) is 4.79 Å². The fourth-order valence-corrected chi connectivity index (χ4v) is 2.83. The Morgan fingerprint density at radius 3 is 2.72 bits per heavy atom. The van der Waals surface area contributed by atoms with E-state index >= 15 is 0 Å². The number of carbonyl (C=O) groups is 1. The number of carboxylic acids is 1. The van der Waals surface area contributed by atoms with Crippen LogP contribution in [0.3, 0.4) is 0 Å². The zero-order chi connectivity index (χ0) is 13.8. The van der Waals surface area contributed by atoms with Gasteiger partial charge in [-0.2, -0.15) is 0 Å². The van der Waals surface area contributed by atoms with Crippen LogP contribution in [-0.2, 0) is 14.8 Å². The summed E-state index contributed by atoms with van der Waals surface area (Å²) in [4.78, 5) is 10.3. The van der Waals surface area contributed by atoms with Crippen molar-refractivity contribution in [3.05, 3.63) is 34.9 Å². The van der Waals surface area contributed by atoms with E-state index in [0.29, 0.717) is 5.02 Å². The summed E-state index contributed by atoms with van der Waals surface area (Å²) in [5.41, 5.74) is 0.724. The Bertz CT molecular complexity index is 530. The first-order valence-corrected chi connectivity index (χ1v) is 7.30. The van der Waals surface area contributed by atoms with E-state index in [1.165, 1.54) is 0 Å². The van der Waals surface area contributed by atoms with Crippen molar-refractivity contribution in [1.82, 2.24) is 4.72 Å².